The third-order valence-corrected chi connectivity index (χ3v) is 3.30. The molecule has 84 valence electrons. The average molecular weight is 245 g/mol. The van der Waals surface area contributed by atoms with Crippen molar-refractivity contribution in [2.75, 3.05) is 0 Å². The van der Waals surface area contributed by atoms with Crippen molar-refractivity contribution < 1.29 is 9.90 Å². The highest BCUT2D eigenvalue weighted by Gasteiger charge is 2.14. The number of rotatable bonds is 2. The zero-order valence-corrected chi connectivity index (χ0v) is 9.39. The summed E-state index contributed by atoms with van der Waals surface area (Å²) in [7, 11) is 0. The molecule has 0 aliphatic heterocycles. The second-order valence-electron chi connectivity index (χ2n) is 3.41. The molecular weight excluding hydrogens is 238 g/mol. The molecule has 0 spiro atoms. The van der Waals surface area contributed by atoms with Crippen molar-refractivity contribution >= 4 is 23.0 Å². The van der Waals surface area contributed by atoms with E-state index in [1.807, 2.05) is 23.6 Å². The van der Waals surface area contributed by atoms with E-state index in [1.165, 1.54) is 6.20 Å². The molecule has 0 aliphatic rings. The number of carboxylic acid groups (broad SMARTS) is 1. The minimum Gasteiger partial charge on any atom is -0.477 e. The molecule has 3 heterocycles. The molecule has 0 aliphatic carbocycles. The Hall–Kier alpha value is -2.21. The summed E-state index contributed by atoms with van der Waals surface area (Å²) in [6, 6.07) is 5.72. The van der Waals surface area contributed by atoms with E-state index in [-0.39, 0.29) is 5.56 Å². The van der Waals surface area contributed by atoms with Crippen LogP contribution in [-0.2, 0) is 0 Å². The molecule has 0 atom stereocenters. The molecule has 0 unspecified atom stereocenters. The molecule has 6 heteroatoms. The van der Waals surface area contributed by atoms with Crippen molar-refractivity contribution in [3.05, 3.63) is 41.5 Å². The van der Waals surface area contributed by atoms with Gasteiger partial charge >= 0.3 is 5.97 Å². The van der Waals surface area contributed by atoms with Crippen molar-refractivity contribution in [3.63, 3.8) is 0 Å². The van der Waals surface area contributed by atoms with Gasteiger partial charge in [0.25, 0.3) is 0 Å². The minimum atomic E-state index is -1.02. The fourth-order valence-corrected chi connectivity index (χ4v) is 2.39. The van der Waals surface area contributed by atoms with Gasteiger partial charge < -0.3 is 5.11 Å². The highest BCUT2D eigenvalue weighted by atomic mass is 32.1. The zero-order valence-electron chi connectivity index (χ0n) is 8.57. The van der Waals surface area contributed by atoms with E-state index in [9.17, 15) is 4.79 Å². The molecular formula is C11H7N3O2S. The molecule has 3 aromatic rings. The fraction of sp³-hybridized carbons (Fsp3) is 0. The van der Waals surface area contributed by atoms with Gasteiger partial charge in [0.15, 0.2) is 5.65 Å². The Kier molecular flexibility index (Phi) is 2.15. The molecule has 0 aromatic carbocycles. The van der Waals surface area contributed by atoms with Gasteiger partial charge in [-0.3, -0.25) is 0 Å². The number of hydrogen-bond donors (Lipinski definition) is 1. The van der Waals surface area contributed by atoms with Crippen LogP contribution in [0.3, 0.4) is 0 Å². The third kappa shape index (κ3) is 1.50. The first-order valence-electron chi connectivity index (χ1n) is 4.87. The Morgan fingerprint density at radius 3 is 3.00 bits per heavy atom. The second kappa shape index (κ2) is 3.67. The maximum Gasteiger partial charge on any atom is 0.341 e. The molecule has 0 amide bonds. The number of aromatic carboxylic acids is 1. The van der Waals surface area contributed by atoms with Gasteiger partial charge in [0.1, 0.15) is 5.56 Å². The number of hydrogen-bond acceptors (Lipinski definition) is 4. The topological polar surface area (TPSA) is 67.5 Å². The summed E-state index contributed by atoms with van der Waals surface area (Å²) in [4.78, 5) is 16.1. The van der Waals surface area contributed by atoms with E-state index >= 15 is 0 Å². The van der Waals surface area contributed by atoms with Gasteiger partial charge in [0, 0.05) is 6.20 Å². The van der Waals surface area contributed by atoms with Crippen molar-refractivity contribution in [2.45, 2.75) is 0 Å². The molecule has 0 fully saturated rings. The van der Waals surface area contributed by atoms with Gasteiger partial charge in [0.05, 0.1) is 16.8 Å². The van der Waals surface area contributed by atoms with Crippen LogP contribution in [0.1, 0.15) is 10.4 Å². The van der Waals surface area contributed by atoms with Gasteiger partial charge in [-0.2, -0.15) is 5.10 Å². The van der Waals surface area contributed by atoms with Crippen LogP contribution >= 0.6 is 11.3 Å². The predicted molar refractivity (Wildman–Crippen MR) is 63.3 cm³/mol. The maximum atomic E-state index is 11.0. The Balaban J connectivity index is 2.32. The molecule has 0 bridgehead atoms. The van der Waals surface area contributed by atoms with E-state index < -0.39 is 5.97 Å². The van der Waals surface area contributed by atoms with Crippen molar-refractivity contribution in [1.29, 1.82) is 0 Å². The molecule has 3 aromatic heterocycles. The third-order valence-electron chi connectivity index (χ3n) is 2.41. The van der Waals surface area contributed by atoms with Crippen LogP contribution in [-0.4, -0.2) is 25.7 Å². The Morgan fingerprint density at radius 1 is 1.41 bits per heavy atom. The molecule has 5 nitrogen and oxygen atoms in total. The summed E-state index contributed by atoms with van der Waals surface area (Å²) < 4.78 is 1.55. The first-order valence-corrected chi connectivity index (χ1v) is 5.75. The summed E-state index contributed by atoms with van der Waals surface area (Å²) in [6.07, 6.45) is 2.92. The van der Waals surface area contributed by atoms with Gasteiger partial charge in [-0.15, -0.1) is 11.3 Å². The van der Waals surface area contributed by atoms with Gasteiger partial charge in [-0.1, -0.05) is 6.07 Å². The van der Waals surface area contributed by atoms with E-state index in [2.05, 4.69) is 10.1 Å². The number of fused-ring (bicyclic) bond motifs is 1. The number of thiophene rings is 1. The Morgan fingerprint density at radius 2 is 2.29 bits per heavy atom. The second-order valence-corrected chi connectivity index (χ2v) is 4.35. The standard InChI is InChI=1S/C11H7N3O2S/c15-11(16)7-6-13-14-8(3-4-12-10(7)14)9-2-1-5-17-9/h1-6H,(H,15,16). The lowest BCUT2D eigenvalue weighted by atomic mass is 10.3. The number of carbonyl (C=O) groups is 1. The van der Waals surface area contributed by atoms with Crippen molar-refractivity contribution in [2.24, 2.45) is 0 Å². The van der Waals surface area contributed by atoms with E-state index in [4.69, 9.17) is 5.11 Å². The molecule has 0 radical (unpaired) electrons. The van der Waals surface area contributed by atoms with Crippen LogP contribution in [0.5, 0.6) is 0 Å². The fourth-order valence-electron chi connectivity index (χ4n) is 1.65. The molecule has 3 rings (SSSR count). The first kappa shape index (κ1) is 9.98. The van der Waals surface area contributed by atoms with Gasteiger partial charge in [-0.05, 0) is 17.5 Å². The molecule has 0 saturated heterocycles. The molecule has 17 heavy (non-hydrogen) atoms. The van der Waals surface area contributed by atoms with Crippen LogP contribution in [0.2, 0.25) is 0 Å². The highest BCUT2D eigenvalue weighted by Crippen LogP contribution is 2.25. The number of nitrogens with zero attached hydrogens (tertiary/aromatic N) is 3. The summed E-state index contributed by atoms with van der Waals surface area (Å²) >= 11 is 1.57. The Bertz CT molecular complexity index is 688. The summed E-state index contributed by atoms with van der Waals surface area (Å²) in [5.74, 6) is -1.02. The SMILES string of the molecule is O=C(O)c1cnn2c(-c3cccs3)ccnc12. The predicted octanol–water partition coefficient (Wildman–Crippen LogP) is 2.16. The Labute approximate surface area is 100.0 Å². The monoisotopic (exact) mass is 245 g/mol. The summed E-state index contributed by atoms with van der Waals surface area (Å²) in [6.45, 7) is 0. The van der Waals surface area contributed by atoms with E-state index in [0.717, 1.165) is 10.6 Å². The zero-order chi connectivity index (χ0) is 11.8. The smallest absolute Gasteiger partial charge is 0.341 e. The lowest BCUT2D eigenvalue weighted by Crippen LogP contribution is -1.98. The van der Waals surface area contributed by atoms with Gasteiger partial charge in [-0.25, -0.2) is 14.3 Å². The van der Waals surface area contributed by atoms with Crippen LogP contribution in [0.4, 0.5) is 0 Å². The van der Waals surface area contributed by atoms with Crippen LogP contribution in [0, 0.1) is 0 Å². The lowest BCUT2D eigenvalue weighted by Gasteiger charge is -2.01. The van der Waals surface area contributed by atoms with Crippen molar-refractivity contribution in [3.8, 4) is 10.6 Å². The quantitative estimate of drug-likeness (QED) is 0.751. The molecule has 1 N–H and O–H groups in total. The van der Waals surface area contributed by atoms with Crippen LogP contribution < -0.4 is 0 Å². The lowest BCUT2D eigenvalue weighted by molar-refractivity contribution is 0.0699. The van der Waals surface area contributed by atoms with E-state index in [0.29, 0.717) is 5.65 Å². The van der Waals surface area contributed by atoms with Crippen LogP contribution in [0.25, 0.3) is 16.2 Å². The van der Waals surface area contributed by atoms with Crippen molar-refractivity contribution in [1.82, 2.24) is 14.6 Å². The van der Waals surface area contributed by atoms with E-state index in [1.54, 1.807) is 22.0 Å². The average Bonchev–Trinajstić information content (AvgIpc) is 2.97. The van der Waals surface area contributed by atoms with Gasteiger partial charge in [0.2, 0.25) is 0 Å². The van der Waals surface area contributed by atoms with Crippen LogP contribution in [0.15, 0.2) is 36.0 Å². The number of carboxylic acids is 1. The molecule has 0 saturated carbocycles. The summed E-state index contributed by atoms with van der Waals surface area (Å²) in [5.41, 5.74) is 1.32. The minimum absolute atomic E-state index is 0.114. The largest absolute Gasteiger partial charge is 0.477 e. The first-order chi connectivity index (χ1) is 8.27. The summed E-state index contributed by atoms with van der Waals surface area (Å²) in [5, 5.41) is 15.0. The number of aromatic nitrogens is 3. The maximum absolute atomic E-state index is 11.0. The normalized spacial score (nSPS) is 10.8. The highest BCUT2D eigenvalue weighted by molar-refractivity contribution is 7.13.